The number of rotatable bonds is 6. The zero-order valence-corrected chi connectivity index (χ0v) is 11.5. The Morgan fingerprint density at radius 3 is 2.74 bits per heavy atom. The van der Waals surface area contributed by atoms with Gasteiger partial charge in [-0.2, -0.15) is 4.31 Å². The Balaban J connectivity index is 2.81. The lowest BCUT2D eigenvalue weighted by atomic mass is 10.2. The lowest BCUT2D eigenvalue weighted by molar-refractivity contribution is -0.148. The number of carbonyl (C=O) groups is 2. The van der Waals surface area contributed by atoms with E-state index < -0.39 is 40.2 Å². The van der Waals surface area contributed by atoms with Crippen molar-refractivity contribution in [3.05, 3.63) is 0 Å². The van der Waals surface area contributed by atoms with Crippen LogP contribution in [0.5, 0.6) is 0 Å². The fourth-order valence-corrected chi connectivity index (χ4v) is 3.38. The molecule has 1 aliphatic heterocycles. The molecule has 0 aromatic heterocycles. The standard InChI is InChI=1S/C10H18N2O6S/c1-2-18-10(15)8-7-11-4-5-12(8)19(16,17)6-3-9(13)14/h8,11H,2-7H2,1H3,(H,13,14). The Morgan fingerprint density at radius 1 is 1.47 bits per heavy atom. The fourth-order valence-electron chi connectivity index (χ4n) is 1.79. The van der Waals surface area contributed by atoms with E-state index in [2.05, 4.69) is 5.32 Å². The number of nitrogens with one attached hydrogen (secondary N) is 1. The van der Waals surface area contributed by atoms with Gasteiger partial charge in [0, 0.05) is 19.6 Å². The number of hydrogen-bond acceptors (Lipinski definition) is 6. The van der Waals surface area contributed by atoms with Crippen LogP contribution in [0.1, 0.15) is 13.3 Å². The summed E-state index contributed by atoms with van der Waals surface area (Å²) in [5, 5.41) is 11.5. The molecule has 1 atom stereocenters. The van der Waals surface area contributed by atoms with Crippen molar-refractivity contribution in [1.29, 1.82) is 0 Å². The topological polar surface area (TPSA) is 113 Å². The third-order valence-electron chi connectivity index (χ3n) is 2.68. The fraction of sp³-hybridized carbons (Fsp3) is 0.800. The van der Waals surface area contributed by atoms with E-state index in [9.17, 15) is 18.0 Å². The van der Waals surface area contributed by atoms with Crippen molar-refractivity contribution in [3.8, 4) is 0 Å². The molecule has 0 aromatic rings. The highest BCUT2D eigenvalue weighted by atomic mass is 32.2. The molecule has 1 heterocycles. The van der Waals surface area contributed by atoms with Gasteiger partial charge in [-0.15, -0.1) is 0 Å². The monoisotopic (exact) mass is 294 g/mol. The average Bonchev–Trinajstić information content (AvgIpc) is 2.37. The molecule has 2 N–H and O–H groups in total. The Labute approximate surface area is 111 Å². The van der Waals surface area contributed by atoms with Crippen LogP contribution in [0.2, 0.25) is 0 Å². The van der Waals surface area contributed by atoms with Gasteiger partial charge in [0.05, 0.1) is 18.8 Å². The van der Waals surface area contributed by atoms with E-state index in [1.807, 2.05) is 0 Å². The van der Waals surface area contributed by atoms with E-state index in [4.69, 9.17) is 9.84 Å². The summed E-state index contributed by atoms with van der Waals surface area (Å²) in [5.41, 5.74) is 0. The van der Waals surface area contributed by atoms with Crippen LogP contribution in [0.15, 0.2) is 0 Å². The summed E-state index contributed by atoms with van der Waals surface area (Å²) < 4.78 is 29.9. The lowest BCUT2D eigenvalue weighted by Gasteiger charge is -2.33. The van der Waals surface area contributed by atoms with Crippen LogP contribution in [0.4, 0.5) is 0 Å². The Bertz CT molecular complexity index is 435. The Kier molecular flexibility index (Phi) is 5.70. The first kappa shape index (κ1) is 15.9. The molecule has 0 radical (unpaired) electrons. The van der Waals surface area contributed by atoms with Crippen LogP contribution >= 0.6 is 0 Å². The van der Waals surface area contributed by atoms with Gasteiger partial charge in [0.2, 0.25) is 10.0 Å². The van der Waals surface area contributed by atoms with Crippen LogP contribution < -0.4 is 5.32 Å². The van der Waals surface area contributed by atoms with Gasteiger partial charge in [-0.1, -0.05) is 0 Å². The van der Waals surface area contributed by atoms with Crippen molar-refractivity contribution >= 4 is 22.0 Å². The van der Waals surface area contributed by atoms with Crippen LogP contribution in [-0.4, -0.2) is 67.8 Å². The van der Waals surface area contributed by atoms with Gasteiger partial charge in [0.1, 0.15) is 6.04 Å². The lowest BCUT2D eigenvalue weighted by Crippen LogP contribution is -2.57. The molecule has 1 aliphatic rings. The highest BCUT2D eigenvalue weighted by Crippen LogP contribution is 2.13. The van der Waals surface area contributed by atoms with E-state index in [1.54, 1.807) is 6.92 Å². The van der Waals surface area contributed by atoms with Gasteiger partial charge in [-0.3, -0.25) is 9.59 Å². The highest BCUT2D eigenvalue weighted by molar-refractivity contribution is 7.89. The summed E-state index contributed by atoms with van der Waals surface area (Å²) in [6.45, 7) is 2.52. The molecular weight excluding hydrogens is 276 g/mol. The van der Waals surface area contributed by atoms with Crippen molar-refractivity contribution in [1.82, 2.24) is 9.62 Å². The van der Waals surface area contributed by atoms with Gasteiger partial charge in [-0.25, -0.2) is 8.42 Å². The molecule has 1 rings (SSSR count). The van der Waals surface area contributed by atoms with Crippen molar-refractivity contribution in [3.63, 3.8) is 0 Å². The van der Waals surface area contributed by atoms with Gasteiger partial charge in [0.25, 0.3) is 0 Å². The predicted molar refractivity (Wildman–Crippen MR) is 66.0 cm³/mol. The SMILES string of the molecule is CCOC(=O)C1CNCCN1S(=O)(=O)CCC(=O)O. The smallest absolute Gasteiger partial charge is 0.325 e. The number of carbonyl (C=O) groups excluding carboxylic acids is 1. The van der Waals surface area contributed by atoms with Crippen LogP contribution in [-0.2, 0) is 24.3 Å². The van der Waals surface area contributed by atoms with Gasteiger partial charge in [0.15, 0.2) is 0 Å². The number of aliphatic carboxylic acids is 1. The zero-order valence-electron chi connectivity index (χ0n) is 10.7. The molecule has 0 aromatic carbocycles. The number of nitrogens with zero attached hydrogens (tertiary/aromatic N) is 1. The van der Waals surface area contributed by atoms with Gasteiger partial charge < -0.3 is 15.2 Å². The second-order valence-electron chi connectivity index (χ2n) is 4.04. The molecule has 1 fully saturated rings. The molecule has 9 heteroatoms. The van der Waals surface area contributed by atoms with Gasteiger partial charge in [-0.05, 0) is 6.92 Å². The first-order valence-corrected chi connectivity index (χ1v) is 7.58. The Hall–Kier alpha value is -1.19. The molecule has 1 unspecified atom stereocenters. The minimum Gasteiger partial charge on any atom is -0.481 e. The maximum Gasteiger partial charge on any atom is 0.325 e. The molecule has 110 valence electrons. The Morgan fingerprint density at radius 2 is 2.16 bits per heavy atom. The van der Waals surface area contributed by atoms with E-state index >= 15 is 0 Å². The highest BCUT2D eigenvalue weighted by Gasteiger charge is 2.37. The second kappa shape index (κ2) is 6.83. The maximum atomic E-state index is 12.0. The van der Waals surface area contributed by atoms with Crippen LogP contribution in [0, 0.1) is 0 Å². The summed E-state index contributed by atoms with van der Waals surface area (Å²) >= 11 is 0. The molecule has 0 aliphatic carbocycles. The number of ether oxygens (including phenoxy) is 1. The van der Waals surface area contributed by atoms with Crippen LogP contribution in [0.3, 0.4) is 0 Å². The van der Waals surface area contributed by atoms with Crippen molar-refractivity contribution < 1.29 is 27.9 Å². The summed E-state index contributed by atoms with van der Waals surface area (Å²) in [6, 6.07) is -0.924. The molecule has 1 saturated heterocycles. The third kappa shape index (κ3) is 4.44. The molecule has 19 heavy (non-hydrogen) atoms. The molecular formula is C10H18N2O6S. The zero-order chi connectivity index (χ0) is 14.5. The number of esters is 1. The number of carboxylic acid groups (broad SMARTS) is 1. The first-order chi connectivity index (χ1) is 8.88. The molecule has 8 nitrogen and oxygen atoms in total. The number of hydrogen-bond donors (Lipinski definition) is 2. The summed E-state index contributed by atoms with van der Waals surface area (Å²) in [7, 11) is -3.78. The predicted octanol–water partition coefficient (Wildman–Crippen LogP) is -1.37. The molecule has 0 saturated carbocycles. The minimum atomic E-state index is -3.78. The summed E-state index contributed by atoms with van der Waals surface area (Å²) in [6.07, 6.45) is -0.484. The molecule has 0 amide bonds. The van der Waals surface area contributed by atoms with Crippen molar-refractivity contribution in [2.24, 2.45) is 0 Å². The van der Waals surface area contributed by atoms with Crippen LogP contribution in [0.25, 0.3) is 0 Å². The molecule has 0 spiro atoms. The van der Waals surface area contributed by atoms with Crippen molar-refractivity contribution in [2.45, 2.75) is 19.4 Å². The summed E-state index contributed by atoms with van der Waals surface area (Å²) in [4.78, 5) is 22.2. The van der Waals surface area contributed by atoms with E-state index in [0.29, 0.717) is 6.54 Å². The minimum absolute atomic E-state index is 0.130. The molecule has 0 bridgehead atoms. The third-order valence-corrected chi connectivity index (χ3v) is 4.56. The van der Waals surface area contributed by atoms with Gasteiger partial charge >= 0.3 is 11.9 Å². The number of piperazine rings is 1. The largest absolute Gasteiger partial charge is 0.481 e. The van der Waals surface area contributed by atoms with E-state index in [0.717, 1.165) is 4.31 Å². The average molecular weight is 294 g/mol. The normalized spacial score (nSPS) is 21.0. The first-order valence-electron chi connectivity index (χ1n) is 5.97. The number of sulfonamides is 1. The number of carboxylic acids is 1. The quantitative estimate of drug-likeness (QED) is 0.581. The summed E-state index contributed by atoms with van der Waals surface area (Å²) in [5.74, 6) is -2.32. The maximum absolute atomic E-state index is 12.0. The van der Waals surface area contributed by atoms with Crippen molar-refractivity contribution in [2.75, 3.05) is 32.0 Å². The van der Waals surface area contributed by atoms with E-state index in [-0.39, 0.29) is 19.7 Å². The van der Waals surface area contributed by atoms with E-state index in [1.165, 1.54) is 0 Å². The second-order valence-corrected chi connectivity index (χ2v) is 6.08.